The molecule has 108 valence electrons. The molecular formula is C11H17NO5S2. The molecule has 1 aromatic rings. The van der Waals surface area contributed by atoms with Crippen molar-refractivity contribution in [2.24, 2.45) is 0 Å². The van der Waals surface area contributed by atoms with E-state index in [1.54, 1.807) is 13.8 Å². The van der Waals surface area contributed by atoms with Gasteiger partial charge < -0.3 is 9.84 Å². The van der Waals surface area contributed by atoms with Crippen molar-refractivity contribution in [3.05, 3.63) is 15.6 Å². The second-order valence-electron chi connectivity index (χ2n) is 4.34. The van der Waals surface area contributed by atoms with Crippen molar-refractivity contribution in [2.45, 2.75) is 37.9 Å². The van der Waals surface area contributed by atoms with Crippen molar-refractivity contribution >= 4 is 27.1 Å². The first-order valence-corrected chi connectivity index (χ1v) is 8.19. The smallest absolute Gasteiger partial charge is 0.308 e. The zero-order valence-corrected chi connectivity index (χ0v) is 12.7. The Kier molecular flexibility index (Phi) is 5.45. The summed E-state index contributed by atoms with van der Waals surface area (Å²) >= 11 is 1.12. The highest BCUT2D eigenvalue weighted by atomic mass is 32.2. The highest BCUT2D eigenvalue weighted by Gasteiger charge is 2.21. The van der Waals surface area contributed by atoms with Crippen LogP contribution in [-0.2, 0) is 38.1 Å². The highest BCUT2D eigenvalue weighted by molar-refractivity contribution is 7.91. The molecule has 0 saturated carbocycles. The van der Waals surface area contributed by atoms with Gasteiger partial charge in [0.1, 0.15) is 10.8 Å². The van der Waals surface area contributed by atoms with Crippen molar-refractivity contribution in [2.75, 3.05) is 7.11 Å². The molecule has 0 fully saturated rings. The monoisotopic (exact) mass is 307 g/mol. The molecule has 0 bridgehead atoms. The molecule has 6 nitrogen and oxygen atoms in total. The third-order valence-electron chi connectivity index (χ3n) is 2.46. The van der Waals surface area contributed by atoms with E-state index in [9.17, 15) is 13.2 Å². The molecule has 0 saturated heterocycles. The van der Waals surface area contributed by atoms with Crippen LogP contribution in [0.15, 0.2) is 0 Å². The van der Waals surface area contributed by atoms with Crippen LogP contribution in [0.3, 0.4) is 0 Å². The van der Waals surface area contributed by atoms with E-state index in [1.807, 2.05) is 0 Å². The van der Waals surface area contributed by atoms with Crippen LogP contribution < -0.4 is 0 Å². The summed E-state index contributed by atoms with van der Waals surface area (Å²) in [5.74, 6) is -1.13. The first kappa shape index (κ1) is 16.1. The van der Waals surface area contributed by atoms with Crippen molar-refractivity contribution in [1.29, 1.82) is 0 Å². The number of thiazole rings is 1. The second kappa shape index (κ2) is 6.44. The van der Waals surface area contributed by atoms with Crippen molar-refractivity contribution in [3.8, 4) is 0 Å². The summed E-state index contributed by atoms with van der Waals surface area (Å²) in [5.41, 5.74) is 0.504. The molecule has 0 unspecified atom stereocenters. The number of carbonyl (C=O) groups is 1. The van der Waals surface area contributed by atoms with Crippen molar-refractivity contribution in [3.63, 3.8) is 0 Å². The van der Waals surface area contributed by atoms with Crippen molar-refractivity contribution < 1.29 is 23.1 Å². The van der Waals surface area contributed by atoms with E-state index in [1.165, 1.54) is 7.11 Å². The van der Waals surface area contributed by atoms with Gasteiger partial charge in [-0.15, -0.1) is 11.3 Å². The number of carboxylic acid groups (broad SMARTS) is 1. The summed E-state index contributed by atoms with van der Waals surface area (Å²) in [4.78, 5) is 15.5. The van der Waals surface area contributed by atoms with Crippen LogP contribution in [0, 0.1) is 0 Å². The lowest BCUT2D eigenvalue weighted by Crippen LogP contribution is -2.15. The number of nitrogens with zero attached hydrogens (tertiary/aromatic N) is 1. The van der Waals surface area contributed by atoms with Crippen LogP contribution in [0.5, 0.6) is 0 Å². The summed E-state index contributed by atoms with van der Waals surface area (Å²) in [7, 11) is -1.76. The largest absolute Gasteiger partial charge is 0.481 e. The number of carboxylic acids is 1. The molecule has 0 spiro atoms. The SMILES string of the molecule is COCc1nc(CS(=O)(=O)C(C)C)sc1CC(=O)O. The average molecular weight is 307 g/mol. The molecule has 0 atom stereocenters. The Balaban J connectivity index is 3.01. The molecule has 8 heteroatoms. The van der Waals surface area contributed by atoms with Gasteiger partial charge in [0.2, 0.25) is 0 Å². The minimum absolute atomic E-state index is 0.161. The molecule has 0 aliphatic carbocycles. The molecule has 0 amide bonds. The normalized spacial score (nSPS) is 12.0. The van der Waals surface area contributed by atoms with Gasteiger partial charge in [0.15, 0.2) is 9.84 Å². The van der Waals surface area contributed by atoms with E-state index in [4.69, 9.17) is 9.84 Å². The minimum atomic E-state index is -3.24. The number of hydrogen-bond donors (Lipinski definition) is 1. The lowest BCUT2D eigenvalue weighted by molar-refractivity contribution is -0.136. The topological polar surface area (TPSA) is 93.6 Å². The van der Waals surface area contributed by atoms with E-state index in [0.717, 1.165) is 11.3 Å². The third kappa shape index (κ3) is 4.55. The summed E-state index contributed by atoms with van der Waals surface area (Å²) in [6, 6.07) is 0. The number of methoxy groups -OCH3 is 1. The molecule has 0 aliphatic heterocycles. The lowest BCUT2D eigenvalue weighted by Gasteiger charge is -2.04. The van der Waals surface area contributed by atoms with Crippen molar-refractivity contribution in [1.82, 2.24) is 4.98 Å². The molecule has 1 aromatic heterocycles. The van der Waals surface area contributed by atoms with E-state index in [2.05, 4.69) is 4.98 Å². The summed E-state index contributed by atoms with van der Waals surface area (Å²) in [6.07, 6.45) is -0.169. The third-order valence-corrected chi connectivity index (χ3v) is 5.85. The number of sulfone groups is 1. The summed E-state index contributed by atoms with van der Waals surface area (Å²) in [6.45, 7) is 3.40. The molecule has 1 N–H and O–H groups in total. The molecule has 0 aromatic carbocycles. The van der Waals surface area contributed by atoms with E-state index in [-0.39, 0.29) is 18.8 Å². The number of hydrogen-bond acceptors (Lipinski definition) is 6. The van der Waals surface area contributed by atoms with Crippen LogP contribution in [-0.4, -0.2) is 36.8 Å². The minimum Gasteiger partial charge on any atom is -0.481 e. The van der Waals surface area contributed by atoms with Crippen LogP contribution >= 0.6 is 11.3 Å². The van der Waals surface area contributed by atoms with Gasteiger partial charge in [-0.3, -0.25) is 4.79 Å². The first-order valence-electron chi connectivity index (χ1n) is 5.66. The Morgan fingerprint density at radius 3 is 2.58 bits per heavy atom. The average Bonchev–Trinajstić information content (AvgIpc) is 2.59. The predicted molar refractivity (Wildman–Crippen MR) is 71.9 cm³/mol. The highest BCUT2D eigenvalue weighted by Crippen LogP contribution is 2.23. The summed E-state index contributed by atoms with van der Waals surface area (Å²) < 4.78 is 28.6. The molecule has 1 rings (SSSR count). The fourth-order valence-corrected chi connectivity index (χ4v) is 3.69. The zero-order valence-electron chi connectivity index (χ0n) is 11.0. The Hall–Kier alpha value is -0.990. The standard InChI is InChI=1S/C11H17NO5S2/c1-7(2)19(15,16)6-10-12-8(5-17-3)9(18-10)4-11(13)14/h7H,4-6H2,1-3H3,(H,13,14). The Morgan fingerprint density at radius 2 is 2.11 bits per heavy atom. The van der Waals surface area contributed by atoms with Crippen LogP contribution in [0.4, 0.5) is 0 Å². The Bertz CT molecular complexity index is 547. The number of ether oxygens (including phenoxy) is 1. The maximum absolute atomic E-state index is 11.8. The van der Waals surface area contributed by atoms with Gasteiger partial charge in [0.25, 0.3) is 0 Å². The van der Waals surface area contributed by atoms with E-state index in [0.29, 0.717) is 15.6 Å². The fourth-order valence-electron chi connectivity index (χ4n) is 1.36. The number of aromatic nitrogens is 1. The van der Waals surface area contributed by atoms with E-state index >= 15 is 0 Å². The van der Waals surface area contributed by atoms with Gasteiger partial charge in [-0.2, -0.15) is 0 Å². The molecule has 0 aliphatic rings. The summed E-state index contributed by atoms with van der Waals surface area (Å²) in [5, 5.41) is 8.74. The van der Waals surface area contributed by atoms with E-state index < -0.39 is 21.1 Å². The number of aliphatic carboxylic acids is 1. The maximum atomic E-state index is 11.8. The maximum Gasteiger partial charge on any atom is 0.308 e. The quantitative estimate of drug-likeness (QED) is 0.814. The molecule has 1 heterocycles. The second-order valence-corrected chi connectivity index (χ2v) is 8.06. The van der Waals surface area contributed by atoms with Gasteiger partial charge in [0.05, 0.1) is 24.0 Å². The Morgan fingerprint density at radius 1 is 1.47 bits per heavy atom. The molecule has 19 heavy (non-hydrogen) atoms. The van der Waals surface area contributed by atoms with Gasteiger partial charge in [-0.25, -0.2) is 13.4 Å². The zero-order chi connectivity index (χ0) is 14.6. The van der Waals surface area contributed by atoms with Crippen LogP contribution in [0.2, 0.25) is 0 Å². The molecular weight excluding hydrogens is 290 g/mol. The van der Waals surface area contributed by atoms with Crippen LogP contribution in [0.1, 0.15) is 29.4 Å². The molecule has 0 radical (unpaired) electrons. The predicted octanol–water partition coefficient (Wildman–Crippen LogP) is 1.24. The number of rotatable bonds is 7. The Labute approximate surface area is 116 Å². The van der Waals surface area contributed by atoms with Gasteiger partial charge in [-0.1, -0.05) is 0 Å². The van der Waals surface area contributed by atoms with Gasteiger partial charge >= 0.3 is 5.97 Å². The van der Waals surface area contributed by atoms with Gasteiger partial charge in [-0.05, 0) is 13.8 Å². The van der Waals surface area contributed by atoms with Crippen LogP contribution in [0.25, 0.3) is 0 Å². The lowest BCUT2D eigenvalue weighted by atomic mass is 10.3. The van der Waals surface area contributed by atoms with Gasteiger partial charge in [0, 0.05) is 12.0 Å². The first-order chi connectivity index (χ1) is 8.76. The fraction of sp³-hybridized carbons (Fsp3) is 0.636.